The van der Waals surface area contributed by atoms with E-state index in [1.165, 1.54) is 10.6 Å². The van der Waals surface area contributed by atoms with E-state index < -0.39 is 10.2 Å². The van der Waals surface area contributed by atoms with Crippen LogP contribution in [0.15, 0.2) is 27.3 Å². The van der Waals surface area contributed by atoms with Crippen LogP contribution < -0.4 is 4.72 Å². The number of rotatable bonds is 7. The zero-order valence-corrected chi connectivity index (χ0v) is 12.1. The maximum atomic E-state index is 11.9. The van der Waals surface area contributed by atoms with Crippen LogP contribution in [0.1, 0.15) is 19.7 Å². The molecule has 2 aromatic heterocycles. The molecule has 8 nitrogen and oxygen atoms in total. The number of aromatic nitrogens is 2. The Morgan fingerprint density at radius 3 is 2.70 bits per heavy atom. The molecule has 0 aliphatic heterocycles. The molecular weight excluding hydrogens is 284 g/mol. The van der Waals surface area contributed by atoms with Gasteiger partial charge in [0.2, 0.25) is 0 Å². The fourth-order valence-corrected chi connectivity index (χ4v) is 2.81. The molecule has 0 spiro atoms. The molecule has 0 aromatic carbocycles. The predicted molar refractivity (Wildman–Crippen MR) is 70.7 cm³/mol. The second-order valence-electron chi connectivity index (χ2n) is 3.90. The van der Waals surface area contributed by atoms with Crippen molar-refractivity contribution in [2.75, 3.05) is 13.1 Å². The predicted octanol–water partition coefficient (Wildman–Crippen LogP) is 1.01. The lowest BCUT2D eigenvalue weighted by atomic mass is 10.4. The Morgan fingerprint density at radius 1 is 1.35 bits per heavy atom. The highest BCUT2D eigenvalue weighted by Gasteiger charge is 2.19. The van der Waals surface area contributed by atoms with Gasteiger partial charge in [0.25, 0.3) is 16.1 Å². The van der Waals surface area contributed by atoms with Gasteiger partial charge in [-0.1, -0.05) is 19.0 Å². The standard InChI is InChI=1S/C11H16N4O4S/c1-3-15(4-2)20(16,17)12-8-10-13-11(19-14-10)9-6-5-7-18-9/h5-7,12H,3-4,8H2,1-2H3. The molecule has 0 radical (unpaired) electrons. The molecule has 0 saturated carbocycles. The minimum atomic E-state index is -3.53. The summed E-state index contributed by atoms with van der Waals surface area (Å²) in [4.78, 5) is 4.05. The molecule has 0 aliphatic carbocycles. The third-order valence-corrected chi connectivity index (χ3v) is 4.36. The SMILES string of the molecule is CCN(CC)S(=O)(=O)NCc1noc(-c2ccco2)n1. The summed E-state index contributed by atoms with van der Waals surface area (Å²) in [5.74, 6) is 0.898. The molecule has 2 heterocycles. The zero-order chi connectivity index (χ0) is 14.6. The van der Waals surface area contributed by atoms with Gasteiger partial charge in [-0.15, -0.1) is 0 Å². The summed E-state index contributed by atoms with van der Waals surface area (Å²) >= 11 is 0. The molecule has 2 rings (SSSR count). The third kappa shape index (κ3) is 3.24. The first-order valence-electron chi connectivity index (χ1n) is 6.18. The number of nitrogens with one attached hydrogen (secondary N) is 1. The number of furan rings is 1. The Morgan fingerprint density at radius 2 is 2.10 bits per heavy atom. The van der Waals surface area contributed by atoms with Gasteiger partial charge in [0, 0.05) is 13.1 Å². The van der Waals surface area contributed by atoms with Gasteiger partial charge in [-0.2, -0.15) is 22.4 Å². The van der Waals surface area contributed by atoms with Gasteiger partial charge < -0.3 is 8.94 Å². The lowest BCUT2D eigenvalue weighted by Crippen LogP contribution is -2.40. The Labute approximate surface area is 116 Å². The third-order valence-electron chi connectivity index (χ3n) is 2.66. The molecule has 0 fully saturated rings. The quantitative estimate of drug-likeness (QED) is 0.818. The lowest BCUT2D eigenvalue weighted by Gasteiger charge is -2.17. The van der Waals surface area contributed by atoms with Crippen LogP contribution in [0.4, 0.5) is 0 Å². The lowest BCUT2D eigenvalue weighted by molar-refractivity contribution is 0.406. The van der Waals surface area contributed by atoms with Crippen molar-refractivity contribution in [2.24, 2.45) is 0 Å². The van der Waals surface area contributed by atoms with Crippen LogP contribution >= 0.6 is 0 Å². The zero-order valence-electron chi connectivity index (χ0n) is 11.2. The van der Waals surface area contributed by atoms with E-state index in [1.54, 1.807) is 26.0 Å². The van der Waals surface area contributed by atoms with Crippen molar-refractivity contribution in [3.8, 4) is 11.7 Å². The highest BCUT2D eigenvalue weighted by atomic mass is 32.2. The summed E-state index contributed by atoms with van der Waals surface area (Å²) < 4.78 is 37.6. The van der Waals surface area contributed by atoms with E-state index in [-0.39, 0.29) is 18.3 Å². The largest absolute Gasteiger partial charge is 0.459 e. The first-order valence-corrected chi connectivity index (χ1v) is 7.62. The normalized spacial score (nSPS) is 12.2. The Balaban J connectivity index is 2.01. The van der Waals surface area contributed by atoms with Gasteiger partial charge in [0.05, 0.1) is 12.8 Å². The summed E-state index contributed by atoms with van der Waals surface area (Å²) in [5, 5.41) is 3.69. The maximum absolute atomic E-state index is 11.9. The maximum Gasteiger partial charge on any atom is 0.293 e. The van der Waals surface area contributed by atoms with E-state index in [9.17, 15) is 8.42 Å². The summed E-state index contributed by atoms with van der Waals surface area (Å²) in [6.45, 7) is 4.30. The van der Waals surface area contributed by atoms with Crippen molar-refractivity contribution in [1.82, 2.24) is 19.2 Å². The van der Waals surface area contributed by atoms with Gasteiger partial charge in [-0.25, -0.2) is 0 Å². The molecule has 0 amide bonds. The Hall–Kier alpha value is -1.71. The fraction of sp³-hybridized carbons (Fsp3) is 0.455. The summed E-state index contributed by atoms with van der Waals surface area (Å²) in [6, 6.07) is 3.37. The van der Waals surface area contributed by atoms with Gasteiger partial charge in [-0.05, 0) is 12.1 Å². The van der Waals surface area contributed by atoms with E-state index in [0.717, 1.165) is 0 Å². The topological polar surface area (TPSA) is 101 Å². The monoisotopic (exact) mass is 300 g/mol. The van der Waals surface area contributed by atoms with Crippen molar-refractivity contribution in [3.05, 3.63) is 24.2 Å². The average molecular weight is 300 g/mol. The number of nitrogens with zero attached hydrogens (tertiary/aromatic N) is 3. The summed E-state index contributed by atoms with van der Waals surface area (Å²) in [5.41, 5.74) is 0. The van der Waals surface area contributed by atoms with Crippen molar-refractivity contribution < 1.29 is 17.4 Å². The minimum Gasteiger partial charge on any atom is -0.459 e. The van der Waals surface area contributed by atoms with Crippen molar-refractivity contribution in [3.63, 3.8) is 0 Å². The summed E-state index contributed by atoms with van der Waals surface area (Å²) in [7, 11) is -3.53. The Kier molecular flexibility index (Phi) is 4.53. The van der Waals surface area contributed by atoms with E-state index in [0.29, 0.717) is 18.8 Å². The van der Waals surface area contributed by atoms with Crippen LogP contribution in [-0.4, -0.2) is 36.0 Å². The molecule has 0 aliphatic rings. The van der Waals surface area contributed by atoms with E-state index >= 15 is 0 Å². The van der Waals surface area contributed by atoms with E-state index in [1.807, 2.05) is 0 Å². The fourth-order valence-electron chi connectivity index (χ4n) is 1.64. The highest BCUT2D eigenvalue weighted by molar-refractivity contribution is 7.87. The Bertz CT molecular complexity index is 631. The molecule has 0 bridgehead atoms. The van der Waals surface area contributed by atoms with Gasteiger partial charge in [0.1, 0.15) is 0 Å². The van der Waals surface area contributed by atoms with Crippen LogP contribution in [0.25, 0.3) is 11.7 Å². The van der Waals surface area contributed by atoms with E-state index in [2.05, 4.69) is 14.9 Å². The molecule has 0 atom stereocenters. The van der Waals surface area contributed by atoms with Crippen LogP contribution in [-0.2, 0) is 16.8 Å². The van der Waals surface area contributed by atoms with Crippen LogP contribution in [0.3, 0.4) is 0 Å². The smallest absolute Gasteiger partial charge is 0.293 e. The molecule has 1 N–H and O–H groups in total. The molecule has 9 heteroatoms. The second-order valence-corrected chi connectivity index (χ2v) is 5.66. The van der Waals surface area contributed by atoms with E-state index in [4.69, 9.17) is 8.94 Å². The first kappa shape index (κ1) is 14.7. The van der Waals surface area contributed by atoms with Gasteiger partial charge in [0.15, 0.2) is 11.6 Å². The first-order chi connectivity index (χ1) is 9.56. The average Bonchev–Trinajstić information content (AvgIpc) is 3.08. The van der Waals surface area contributed by atoms with Crippen LogP contribution in [0.2, 0.25) is 0 Å². The highest BCUT2D eigenvalue weighted by Crippen LogP contribution is 2.16. The van der Waals surface area contributed by atoms with Crippen molar-refractivity contribution in [1.29, 1.82) is 0 Å². The number of hydrogen-bond donors (Lipinski definition) is 1. The number of hydrogen-bond acceptors (Lipinski definition) is 6. The minimum absolute atomic E-state index is 0.0386. The van der Waals surface area contributed by atoms with Crippen molar-refractivity contribution in [2.45, 2.75) is 20.4 Å². The van der Waals surface area contributed by atoms with Gasteiger partial charge >= 0.3 is 0 Å². The van der Waals surface area contributed by atoms with Crippen LogP contribution in [0.5, 0.6) is 0 Å². The second kappa shape index (κ2) is 6.16. The van der Waals surface area contributed by atoms with Crippen LogP contribution in [0, 0.1) is 0 Å². The van der Waals surface area contributed by atoms with Crippen molar-refractivity contribution >= 4 is 10.2 Å². The molecule has 110 valence electrons. The summed E-state index contributed by atoms with van der Waals surface area (Å²) in [6.07, 6.45) is 1.49. The molecular formula is C11H16N4O4S. The molecule has 0 unspecified atom stereocenters. The molecule has 0 saturated heterocycles. The molecule has 20 heavy (non-hydrogen) atoms. The van der Waals surface area contributed by atoms with Gasteiger partial charge in [-0.3, -0.25) is 0 Å². The molecule has 2 aromatic rings.